The van der Waals surface area contributed by atoms with Crippen LogP contribution in [0.2, 0.25) is 0 Å². The number of aromatic nitrogens is 3. The number of unbranched alkanes of at least 4 members (excludes halogenated alkanes) is 2. The Morgan fingerprint density at radius 1 is 1.04 bits per heavy atom. The molecular formula is C15H29N7O3. The largest absolute Gasteiger partial charge is 0.378 e. The molecule has 0 spiro atoms. The molecule has 1 aromatic heterocycles. The van der Waals surface area contributed by atoms with Gasteiger partial charge in [-0.1, -0.05) is 16.7 Å². The molecule has 1 aromatic rings. The molecule has 10 heteroatoms. The van der Waals surface area contributed by atoms with Crippen molar-refractivity contribution < 1.29 is 14.2 Å². The summed E-state index contributed by atoms with van der Waals surface area (Å²) in [5, 5.41) is 11.7. The van der Waals surface area contributed by atoms with Crippen molar-refractivity contribution in [1.82, 2.24) is 15.0 Å². The molecule has 2 N–H and O–H groups in total. The van der Waals surface area contributed by atoms with Gasteiger partial charge in [0, 0.05) is 24.2 Å². The third-order valence-electron chi connectivity index (χ3n) is 3.31. The summed E-state index contributed by atoms with van der Waals surface area (Å²) < 4.78 is 17.8. The van der Waals surface area contributed by atoms with Crippen LogP contribution >= 0.6 is 0 Å². The molecule has 1 rings (SSSR count). The first-order valence-electron chi connectivity index (χ1n) is 8.70. The average molecular weight is 355 g/mol. The van der Waals surface area contributed by atoms with Gasteiger partial charge in [0.15, 0.2) is 0 Å². The van der Waals surface area contributed by atoms with Crippen LogP contribution in [0.5, 0.6) is 0 Å². The highest BCUT2D eigenvalue weighted by atomic mass is 16.5. The van der Waals surface area contributed by atoms with Crippen LogP contribution in [0.1, 0.15) is 25.0 Å². The van der Waals surface area contributed by atoms with E-state index >= 15 is 0 Å². The molecule has 0 fully saturated rings. The van der Waals surface area contributed by atoms with Crippen molar-refractivity contribution in [3.05, 3.63) is 22.3 Å². The molecule has 25 heavy (non-hydrogen) atoms. The van der Waals surface area contributed by atoms with Gasteiger partial charge in [-0.2, -0.15) is 0 Å². The molecule has 0 saturated carbocycles. The minimum absolute atomic E-state index is 0.532. The monoisotopic (exact) mass is 355 g/mol. The summed E-state index contributed by atoms with van der Waals surface area (Å²) in [6.45, 7) is 5.10. The van der Waals surface area contributed by atoms with Crippen LogP contribution in [0.25, 0.3) is 10.4 Å². The minimum atomic E-state index is 0.532. The third-order valence-corrected chi connectivity index (χ3v) is 3.31. The van der Waals surface area contributed by atoms with Crippen LogP contribution in [0.15, 0.2) is 11.3 Å². The predicted molar refractivity (Wildman–Crippen MR) is 93.1 cm³/mol. The van der Waals surface area contributed by atoms with Crippen LogP contribution in [0.3, 0.4) is 0 Å². The molecule has 0 aliphatic carbocycles. The van der Waals surface area contributed by atoms with Gasteiger partial charge in [-0.3, -0.25) is 0 Å². The molecule has 0 radical (unpaired) electrons. The Morgan fingerprint density at radius 3 is 2.48 bits per heavy atom. The first-order chi connectivity index (χ1) is 12.4. The minimum Gasteiger partial charge on any atom is -0.378 e. The maximum absolute atomic E-state index is 8.19. The van der Waals surface area contributed by atoms with Crippen molar-refractivity contribution in [3.8, 4) is 0 Å². The molecule has 0 unspecified atom stereocenters. The van der Waals surface area contributed by atoms with E-state index in [1.807, 2.05) is 6.20 Å². The van der Waals surface area contributed by atoms with Crippen molar-refractivity contribution in [2.75, 3.05) is 52.7 Å². The molecule has 142 valence electrons. The molecular weight excluding hydrogens is 326 g/mol. The van der Waals surface area contributed by atoms with Crippen LogP contribution in [0.4, 0.5) is 0 Å². The highest BCUT2D eigenvalue weighted by Crippen LogP contribution is 2.03. The van der Waals surface area contributed by atoms with Crippen molar-refractivity contribution in [2.45, 2.75) is 32.2 Å². The lowest BCUT2D eigenvalue weighted by molar-refractivity contribution is 0.0141. The molecule has 0 saturated heterocycles. The number of hydrogen-bond acceptors (Lipinski definition) is 7. The number of hydrogen-bond donors (Lipinski definition) is 1. The Bertz CT molecular complexity index is 477. The van der Waals surface area contributed by atoms with Gasteiger partial charge in [0.2, 0.25) is 0 Å². The summed E-state index contributed by atoms with van der Waals surface area (Å²) in [6, 6.07) is 0. The van der Waals surface area contributed by atoms with E-state index < -0.39 is 0 Å². The van der Waals surface area contributed by atoms with E-state index in [1.165, 1.54) is 0 Å². The van der Waals surface area contributed by atoms with Gasteiger partial charge >= 0.3 is 0 Å². The SMILES string of the molecule is [N-]=[N+]=NCCCCCc1cn(CCOCCOCCOCCN)nn1. The van der Waals surface area contributed by atoms with E-state index in [0.717, 1.165) is 31.4 Å². The van der Waals surface area contributed by atoms with Gasteiger partial charge in [-0.05, 0) is 24.8 Å². The van der Waals surface area contributed by atoms with Gasteiger partial charge in [-0.15, -0.1) is 5.10 Å². The maximum atomic E-state index is 8.19. The second-order valence-corrected chi connectivity index (χ2v) is 5.36. The fraction of sp³-hybridized carbons (Fsp3) is 0.867. The molecule has 0 bridgehead atoms. The fourth-order valence-corrected chi connectivity index (χ4v) is 2.06. The number of rotatable bonds is 17. The zero-order chi connectivity index (χ0) is 18.0. The Hall–Kier alpha value is -1.71. The summed E-state index contributed by atoms with van der Waals surface area (Å²) in [5.41, 5.74) is 14.5. The standard InChI is InChI=1S/C15H29N7O3/c16-5-8-23-10-12-25-13-11-24-9-7-22-14-15(19-21-22)4-2-1-3-6-18-20-17/h14H,1-13,16H2. The summed E-state index contributed by atoms with van der Waals surface area (Å²) in [7, 11) is 0. The topological polar surface area (TPSA) is 133 Å². The molecule has 0 aliphatic rings. The third kappa shape index (κ3) is 12.3. The normalized spacial score (nSPS) is 10.8. The number of ether oxygens (including phenoxy) is 3. The quantitative estimate of drug-likeness (QED) is 0.194. The lowest BCUT2D eigenvalue weighted by Crippen LogP contribution is -2.14. The van der Waals surface area contributed by atoms with Crippen LogP contribution in [-0.4, -0.2) is 67.7 Å². The highest BCUT2D eigenvalue weighted by Gasteiger charge is 2.01. The van der Waals surface area contributed by atoms with E-state index in [9.17, 15) is 0 Å². The van der Waals surface area contributed by atoms with E-state index in [0.29, 0.717) is 59.3 Å². The Morgan fingerprint density at radius 2 is 1.76 bits per heavy atom. The zero-order valence-corrected chi connectivity index (χ0v) is 14.8. The molecule has 10 nitrogen and oxygen atoms in total. The fourth-order valence-electron chi connectivity index (χ4n) is 2.06. The summed E-state index contributed by atoms with van der Waals surface area (Å²) in [6.07, 6.45) is 5.78. The molecule has 1 heterocycles. The molecule has 0 amide bonds. The van der Waals surface area contributed by atoms with Gasteiger partial charge in [0.1, 0.15) is 0 Å². The van der Waals surface area contributed by atoms with E-state index in [1.54, 1.807) is 4.68 Å². The Balaban J connectivity index is 1.94. The first kappa shape index (κ1) is 21.3. The molecule has 0 atom stereocenters. The number of nitrogens with zero attached hydrogens (tertiary/aromatic N) is 6. The second-order valence-electron chi connectivity index (χ2n) is 5.36. The van der Waals surface area contributed by atoms with Crippen molar-refractivity contribution in [3.63, 3.8) is 0 Å². The first-order valence-corrected chi connectivity index (χ1v) is 8.70. The molecule has 0 aliphatic heterocycles. The smallest absolute Gasteiger partial charge is 0.0827 e. The van der Waals surface area contributed by atoms with Gasteiger partial charge in [0.05, 0.1) is 51.9 Å². The van der Waals surface area contributed by atoms with E-state index in [2.05, 4.69) is 20.3 Å². The van der Waals surface area contributed by atoms with Gasteiger partial charge in [-0.25, -0.2) is 4.68 Å². The average Bonchev–Trinajstić information content (AvgIpc) is 3.07. The van der Waals surface area contributed by atoms with Crippen LogP contribution in [0, 0.1) is 0 Å². The van der Waals surface area contributed by atoms with Crippen molar-refractivity contribution in [1.29, 1.82) is 0 Å². The lowest BCUT2D eigenvalue weighted by Gasteiger charge is -2.06. The van der Waals surface area contributed by atoms with E-state index in [-0.39, 0.29) is 0 Å². The molecule has 0 aromatic carbocycles. The van der Waals surface area contributed by atoms with Crippen LogP contribution < -0.4 is 5.73 Å². The van der Waals surface area contributed by atoms with Gasteiger partial charge < -0.3 is 19.9 Å². The highest BCUT2D eigenvalue weighted by molar-refractivity contribution is 4.92. The number of aryl methyl sites for hydroxylation is 1. The second kappa shape index (κ2) is 15.8. The predicted octanol–water partition coefficient (Wildman–Crippen LogP) is 1.31. The summed E-state index contributed by atoms with van der Waals surface area (Å²) in [4.78, 5) is 2.73. The number of azide groups is 1. The summed E-state index contributed by atoms with van der Waals surface area (Å²) in [5.74, 6) is 0. The summed E-state index contributed by atoms with van der Waals surface area (Å²) >= 11 is 0. The lowest BCUT2D eigenvalue weighted by atomic mass is 10.1. The maximum Gasteiger partial charge on any atom is 0.0827 e. The van der Waals surface area contributed by atoms with Crippen LogP contribution in [-0.2, 0) is 27.2 Å². The zero-order valence-electron chi connectivity index (χ0n) is 14.8. The Kier molecular flexibility index (Phi) is 13.5. The number of nitrogens with two attached hydrogens (primary N) is 1. The van der Waals surface area contributed by atoms with E-state index in [4.69, 9.17) is 25.5 Å². The van der Waals surface area contributed by atoms with Crippen molar-refractivity contribution >= 4 is 0 Å². The van der Waals surface area contributed by atoms with Crippen molar-refractivity contribution in [2.24, 2.45) is 10.8 Å². The Labute approximate surface area is 148 Å². The van der Waals surface area contributed by atoms with Gasteiger partial charge in [0.25, 0.3) is 0 Å².